The Bertz CT molecular complexity index is 324. The van der Waals surface area contributed by atoms with Gasteiger partial charge in [0.15, 0.2) is 0 Å². The van der Waals surface area contributed by atoms with Crippen molar-refractivity contribution in [2.24, 2.45) is 0 Å². The van der Waals surface area contributed by atoms with Crippen LogP contribution in [0, 0.1) is 0 Å². The van der Waals surface area contributed by atoms with Crippen molar-refractivity contribution in [3.63, 3.8) is 0 Å². The lowest BCUT2D eigenvalue weighted by Crippen LogP contribution is -1.96. The maximum Gasteiger partial charge on any atom is 0.339 e. The van der Waals surface area contributed by atoms with Gasteiger partial charge in [-0.25, -0.2) is 4.79 Å². The first-order valence-electron chi connectivity index (χ1n) is 3.42. The van der Waals surface area contributed by atoms with Gasteiger partial charge in [0.1, 0.15) is 11.3 Å². The largest absolute Gasteiger partial charge is 0.507 e. The summed E-state index contributed by atoms with van der Waals surface area (Å²) in [5.74, 6) is -1.40. The summed E-state index contributed by atoms with van der Waals surface area (Å²) in [6.07, 6.45) is 0. The third kappa shape index (κ3) is 2.37. The molecule has 0 radical (unpaired) electrons. The van der Waals surface area contributed by atoms with Gasteiger partial charge in [-0.3, -0.25) is 0 Å². The zero-order chi connectivity index (χ0) is 9.84. The van der Waals surface area contributed by atoms with Crippen LogP contribution in [0.4, 0.5) is 0 Å². The van der Waals surface area contributed by atoms with Crippen LogP contribution in [0.3, 0.4) is 0 Å². The summed E-state index contributed by atoms with van der Waals surface area (Å²) >= 11 is 1.06. The summed E-state index contributed by atoms with van der Waals surface area (Å²) in [5, 5.41) is 17.8. The maximum absolute atomic E-state index is 10.5. The topological polar surface area (TPSA) is 66.8 Å². The van der Waals surface area contributed by atoms with Crippen molar-refractivity contribution in [1.82, 2.24) is 0 Å². The number of carboxylic acids is 1. The Morgan fingerprint density at radius 2 is 2.23 bits per heavy atom. The molecular formula is C8H8O4S. The third-order valence-electron chi connectivity index (χ3n) is 1.38. The van der Waals surface area contributed by atoms with E-state index >= 15 is 0 Å². The Morgan fingerprint density at radius 3 is 2.69 bits per heavy atom. The summed E-state index contributed by atoms with van der Waals surface area (Å²) in [6.45, 7) is 0. The fourth-order valence-corrected chi connectivity index (χ4v) is 1.32. The second-order valence-corrected chi connectivity index (χ2v) is 3.21. The van der Waals surface area contributed by atoms with Crippen molar-refractivity contribution >= 4 is 18.0 Å². The summed E-state index contributed by atoms with van der Waals surface area (Å²) in [7, 11) is 1.49. The Labute approximate surface area is 79.4 Å². The maximum atomic E-state index is 10.5. The van der Waals surface area contributed by atoms with Crippen molar-refractivity contribution in [3.8, 4) is 5.75 Å². The molecule has 0 aliphatic carbocycles. The number of carbonyl (C=O) groups is 1. The molecule has 0 amide bonds. The molecule has 0 heterocycles. The molecule has 0 aliphatic rings. The number of hydrogen-bond acceptors (Lipinski definition) is 4. The zero-order valence-electron chi connectivity index (χ0n) is 6.85. The highest BCUT2D eigenvalue weighted by molar-refractivity contribution is 7.94. The molecule has 0 spiro atoms. The van der Waals surface area contributed by atoms with Gasteiger partial charge >= 0.3 is 5.97 Å². The van der Waals surface area contributed by atoms with E-state index in [1.54, 1.807) is 6.07 Å². The van der Waals surface area contributed by atoms with Crippen molar-refractivity contribution in [2.45, 2.75) is 4.90 Å². The lowest BCUT2D eigenvalue weighted by atomic mass is 10.2. The fraction of sp³-hybridized carbons (Fsp3) is 0.125. The van der Waals surface area contributed by atoms with Gasteiger partial charge in [0.2, 0.25) is 0 Å². The van der Waals surface area contributed by atoms with Crippen LogP contribution in [0.5, 0.6) is 5.75 Å². The predicted octanol–water partition coefficient (Wildman–Crippen LogP) is 1.74. The van der Waals surface area contributed by atoms with Gasteiger partial charge in [-0.15, -0.1) is 0 Å². The summed E-state index contributed by atoms with van der Waals surface area (Å²) < 4.78 is 4.74. The van der Waals surface area contributed by atoms with Crippen LogP contribution in [0.25, 0.3) is 0 Å². The third-order valence-corrected chi connectivity index (χ3v) is 1.99. The van der Waals surface area contributed by atoms with E-state index in [4.69, 9.17) is 9.29 Å². The van der Waals surface area contributed by atoms with Gasteiger partial charge in [-0.2, -0.15) is 0 Å². The van der Waals surface area contributed by atoms with Crippen LogP contribution in [0.15, 0.2) is 23.1 Å². The first kappa shape index (κ1) is 9.88. The van der Waals surface area contributed by atoms with Crippen LogP contribution in [-0.4, -0.2) is 23.3 Å². The quantitative estimate of drug-likeness (QED) is 0.727. The Kier molecular flexibility index (Phi) is 3.16. The minimum Gasteiger partial charge on any atom is -0.507 e. The van der Waals surface area contributed by atoms with Crippen LogP contribution < -0.4 is 0 Å². The highest BCUT2D eigenvalue weighted by Gasteiger charge is 2.09. The van der Waals surface area contributed by atoms with Gasteiger partial charge in [0, 0.05) is 16.9 Å². The number of aromatic hydroxyl groups is 1. The SMILES string of the molecule is COSc1ccc(C(=O)O)c(O)c1. The van der Waals surface area contributed by atoms with Gasteiger partial charge < -0.3 is 14.4 Å². The van der Waals surface area contributed by atoms with E-state index in [0.717, 1.165) is 12.0 Å². The second-order valence-electron chi connectivity index (χ2n) is 2.23. The molecular weight excluding hydrogens is 192 g/mol. The number of carboxylic acid groups (broad SMARTS) is 1. The number of rotatable bonds is 3. The molecule has 0 bridgehead atoms. The first-order chi connectivity index (χ1) is 6.15. The molecule has 13 heavy (non-hydrogen) atoms. The van der Waals surface area contributed by atoms with Gasteiger partial charge in [0.05, 0.1) is 7.11 Å². The standard InChI is InChI=1S/C8H8O4S/c1-12-13-5-2-3-6(8(10)11)7(9)4-5/h2-4,9H,1H3,(H,10,11). The minimum absolute atomic E-state index is 0.111. The van der Waals surface area contributed by atoms with Crippen molar-refractivity contribution < 1.29 is 19.2 Å². The van der Waals surface area contributed by atoms with Crippen molar-refractivity contribution in [2.75, 3.05) is 7.11 Å². The molecule has 70 valence electrons. The molecule has 0 unspecified atom stereocenters. The molecule has 0 aromatic heterocycles. The summed E-state index contributed by atoms with van der Waals surface area (Å²) in [5.41, 5.74) is -0.111. The fourth-order valence-electron chi connectivity index (χ4n) is 0.840. The van der Waals surface area contributed by atoms with Gasteiger partial charge in [-0.1, -0.05) is 0 Å². The van der Waals surface area contributed by atoms with Crippen LogP contribution in [0.1, 0.15) is 10.4 Å². The van der Waals surface area contributed by atoms with E-state index in [1.165, 1.54) is 19.2 Å². The lowest BCUT2D eigenvalue weighted by Gasteiger charge is -2.01. The van der Waals surface area contributed by atoms with E-state index in [1.807, 2.05) is 0 Å². The van der Waals surface area contributed by atoms with Crippen molar-refractivity contribution in [1.29, 1.82) is 0 Å². The number of aromatic carboxylic acids is 1. The highest BCUT2D eigenvalue weighted by atomic mass is 32.2. The molecule has 0 fully saturated rings. The van der Waals surface area contributed by atoms with E-state index in [2.05, 4.69) is 0 Å². The number of hydrogen-bond donors (Lipinski definition) is 2. The van der Waals surface area contributed by atoms with E-state index < -0.39 is 5.97 Å². The molecule has 1 aromatic carbocycles. The number of phenols is 1. The molecule has 2 N–H and O–H groups in total. The molecule has 4 nitrogen and oxygen atoms in total. The molecule has 0 saturated carbocycles. The highest BCUT2D eigenvalue weighted by Crippen LogP contribution is 2.25. The normalized spacial score (nSPS) is 9.92. The molecule has 0 aliphatic heterocycles. The van der Waals surface area contributed by atoms with E-state index in [-0.39, 0.29) is 11.3 Å². The van der Waals surface area contributed by atoms with E-state index in [9.17, 15) is 9.90 Å². The van der Waals surface area contributed by atoms with Gasteiger partial charge in [-0.05, 0) is 18.2 Å². The monoisotopic (exact) mass is 200 g/mol. The van der Waals surface area contributed by atoms with Crippen LogP contribution in [0.2, 0.25) is 0 Å². The zero-order valence-corrected chi connectivity index (χ0v) is 7.67. The summed E-state index contributed by atoms with van der Waals surface area (Å²) in [4.78, 5) is 11.2. The molecule has 0 saturated heterocycles. The van der Waals surface area contributed by atoms with Crippen LogP contribution in [-0.2, 0) is 4.18 Å². The number of benzene rings is 1. The Balaban J connectivity index is 2.98. The molecule has 0 atom stereocenters. The minimum atomic E-state index is -1.15. The average molecular weight is 200 g/mol. The van der Waals surface area contributed by atoms with E-state index in [0.29, 0.717) is 4.90 Å². The first-order valence-corrected chi connectivity index (χ1v) is 4.16. The second kappa shape index (κ2) is 4.15. The van der Waals surface area contributed by atoms with Gasteiger partial charge in [0.25, 0.3) is 0 Å². The Hall–Kier alpha value is -1.20. The van der Waals surface area contributed by atoms with Crippen LogP contribution >= 0.6 is 12.0 Å². The molecule has 1 aromatic rings. The molecule has 5 heteroatoms. The smallest absolute Gasteiger partial charge is 0.339 e. The Morgan fingerprint density at radius 1 is 1.54 bits per heavy atom. The predicted molar refractivity (Wildman–Crippen MR) is 47.9 cm³/mol. The summed E-state index contributed by atoms with van der Waals surface area (Å²) in [6, 6.07) is 4.24. The molecule has 1 rings (SSSR count). The average Bonchev–Trinajstić information content (AvgIpc) is 2.04. The van der Waals surface area contributed by atoms with Crippen molar-refractivity contribution in [3.05, 3.63) is 23.8 Å². The lowest BCUT2D eigenvalue weighted by molar-refractivity contribution is 0.0693.